The van der Waals surface area contributed by atoms with Crippen LogP contribution in [0.1, 0.15) is 68.4 Å². The van der Waals surface area contributed by atoms with E-state index in [-0.39, 0.29) is 0 Å². The normalized spacial score (nSPS) is 14.8. The first-order chi connectivity index (χ1) is 14.0. The molecule has 0 aromatic carbocycles. The van der Waals surface area contributed by atoms with Crippen molar-refractivity contribution >= 4 is 5.96 Å². The minimum absolute atomic E-state index is 0.410. The van der Waals surface area contributed by atoms with Crippen molar-refractivity contribution in [3.63, 3.8) is 0 Å². The van der Waals surface area contributed by atoms with Crippen LogP contribution in [0.3, 0.4) is 0 Å². The van der Waals surface area contributed by atoms with Gasteiger partial charge in [0.1, 0.15) is 11.6 Å². The number of fused-ring (bicyclic) bond motifs is 1. The first kappa shape index (κ1) is 21.3. The summed E-state index contributed by atoms with van der Waals surface area (Å²) in [4.78, 5) is 6.61. The Balaban J connectivity index is 1.50. The van der Waals surface area contributed by atoms with Crippen molar-refractivity contribution in [2.75, 3.05) is 20.6 Å². The number of rotatable bonds is 7. The lowest BCUT2D eigenvalue weighted by Gasteiger charge is -2.22. The summed E-state index contributed by atoms with van der Waals surface area (Å²) < 4.78 is 4.24. The molecule has 2 aromatic heterocycles. The zero-order chi connectivity index (χ0) is 20.8. The maximum absolute atomic E-state index is 4.61. The van der Waals surface area contributed by atoms with Crippen LogP contribution in [0, 0.1) is 0 Å². The first-order valence-corrected chi connectivity index (χ1v) is 10.8. The van der Waals surface area contributed by atoms with Gasteiger partial charge in [-0.15, -0.1) is 10.2 Å². The van der Waals surface area contributed by atoms with E-state index in [0.29, 0.717) is 5.92 Å². The largest absolute Gasteiger partial charge is 0.356 e. The zero-order valence-electron chi connectivity index (χ0n) is 18.6. The molecule has 0 unspecified atom stereocenters. The van der Waals surface area contributed by atoms with Crippen LogP contribution in [0.25, 0.3) is 0 Å². The maximum Gasteiger partial charge on any atom is 0.193 e. The third-order valence-corrected chi connectivity index (χ3v) is 5.51. The number of aliphatic imine (C=N–C) groups is 1. The molecule has 0 aliphatic carbocycles. The highest BCUT2D eigenvalue weighted by atomic mass is 15.3. The van der Waals surface area contributed by atoms with Gasteiger partial charge in [-0.25, -0.2) is 0 Å². The van der Waals surface area contributed by atoms with Gasteiger partial charge in [-0.3, -0.25) is 9.67 Å². The van der Waals surface area contributed by atoms with Crippen LogP contribution in [-0.2, 0) is 33.0 Å². The summed E-state index contributed by atoms with van der Waals surface area (Å²) >= 11 is 0. The van der Waals surface area contributed by atoms with E-state index in [0.717, 1.165) is 56.4 Å². The quantitative estimate of drug-likeness (QED) is 0.439. The van der Waals surface area contributed by atoms with Crippen LogP contribution in [0.4, 0.5) is 0 Å². The van der Waals surface area contributed by atoms with Crippen molar-refractivity contribution in [1.82, 2.24) is 34.8 Å². The first-order valence-electron chi connectivity index (χ1n) is 10.8. The fraction of sp³-hybridized carbons (Fsp3) is 0.714. The Hall–Kier alpha value is -2.38. The monoisotopic (exact) mass is 400 g/mol. The predicted octanol–water partition coefficient (Wildman–Crippen LogP) is 2.50. The number of guanidine groups is 1. The number of hydrogen-bond donors (Lipinski definition) is 1. The summed E-state index contributed by atoms with van der Waals surface area (Å²) in [7, 11) is 5.89. The Morgan fingerprint density at radius 3 is 2.86 bits per heavy atom. The molecule has 3 rings (SSSR count). The number of aromatic nitrogens is 5. The Morgan fingerprint density at radius 1 is 1.28 bits per heavy atom. The third-order valence-electron chi connectivity index (χ3n) is 5.51. The summed E-state index contributed by atoms with van der Waals surface area (Å²) in [5.41, 5.74) is 2.40. The Kier molecular flexibility index (Phi) is 7.28. The molecule has 3 heterocycles. The van der Waals surface area contributed by atoms with E-state index >= 15 is 0 Å². The SMILES string of the molecule is CN=C(NCCCc1nnc2n1CCCCC2)N(C)Cc1cn(C)nc1C(C)C. The molecule has 0 amide bonds. The number of hydrogen-bond acceptors (Lipinski definition) is 4. The molecule has 0 atom stereocenters. The second kappa shape index (κ2) is 9.89. The number of aryl methyl sites for hydroxylation is 3. The molecular weight excluding hydrogens is 364 g/mol. The average molecular weight is 401 g/mol. The molecule has 2 aromatic rings. The summed E-state index contributed by atoms with van der Waals surface area (Å²) in [5.74, 6) is 3.61. The lowest BCUT2D eigenvalue weighted by Crippen LogP contribution is -2.39. The molecule has 1 aliphatic rings. The van der Waals surface area contributed by atoms with Crippen molar-refractivity contribution in [3.05, 3.63) is 29.1 Å². The average Bonchev–Trinajstić information content (AvgIpc) is 3.15. The van der Waals surface area contributed by atoms with Gasteiger partial charge in [-0.05, 0) is 25.2 Å². The minimum atomic E-state index is 0.410. The fourth-order valence-electron chi connectivity index (χ4n) is 4.05. The molecule has 160 valence electrons. The topological polar surface area (TPSA) is 76.2 Å². The number of nitrogens with one attached hydrogen (secondary N) is 1. The van der Waals surface area contributed by atoms with E-state index in [1.165, 1.54) is 30.7 Å². The molecule has 0 bridgehead atoms. The number of nitrogens with zero attached hydrogens (tertiary/aromatic N) is 7. The van der Waals surface area contributed by atoms with Gasteiger partial charge in [0.2, 0.25) is 0 Å². The van der Waals surface area contributed by atoms with E-state index in [1.54, 1.807) is 0 Å². The van der Waals surface area contributed by atoms with Gasteiger partial charge in [-0.2, -0.15) is 5.10 Å². The van der Waals surface area contributed by atoms with Gasteiger partial charge in [0.15, 0.2) is 5.96 Å². The molecular formula is C21H36N8. The maximum atomic E-state index is 4.61. The van der Waals surface area contributed by atoms with E-state index in [4.69, 9.17) is 0 Å². The van der Waals surface area contributed by atoms with E-state index < -0.39 is 0 Å². The highest BCUT2D eigenvalue weighted by molar-refractivity contribution is 5.79. The van der Waals surface area contributed by atoms with E-state index in [2.05, 4.69) is 62.2 Å². The van der Waals surface area contributed by atoms with E-state index in [1.807, 2.05) is 18.8 Å². The fourth-order valence-corrected chi connectivity index (χ4v) is 4.05. The standard InChI is InChI=1S/C21H36N8/c1-16(2)20-17(15-28(5)26-20)14-27(4)21(22-3)23-12-9-11-19-25-24-18-10-7-6-8-13-29(18)19/h15-16H,6-14H2,1-5H3,(H,22,23). The van der Waals surface area contributed by atoms with Crippen LogP contribution >= 0.6 is 0 Å². The van der Waals surface area contributed by atoms with Crippen LogP contribution in [0.15, 0.2) is 11.2 Å². The zero-order valence-corrected chi connectivity index (χ0v) is 18.6. The van der Waals surface area contributed by atoms with E-state index in [9.17, 15) is 0 Å². The highest BCUT2D eigenvalue weighted by Gasteiger charge is 2.16. The van der Waals surface area contributed by atoms with Crippen LogP contribution in [0.5, 0.6) is 0 Å². The molecule has 0 saturated heterocycles. The molecule has 0 fully saturated rings. The molecule has 1 aliphatic heterocycles. The third kappa shape index (κ3) is 5.36. The van der Waals surface area contributed by atoms with Crippen molar-refractivity contribution in [1.29, 1.82) is 0 Å². The lowest BCUT2D eigenvalue weighted by atomic mass is 10.1. The second-order valence-corrected chi connectivity index (χ2v) is 8.30. The second-order valence-electron chi connectivity index (χ2n) is 8.30. The molecule has 1 N–H and O–H groups in total. The Bertz CT molecular complexity index is 817. The van der Waals surface area contributed by atoms with Gasteiger partial charge in [0.25, 0.3) is 0 Å². The van der Waals surface area contributed by atoms with Crippen LogP contribution in [-0.4, -0.2) is 56.0 Å². The smallest absolute Gasteiger partial charge is 0.193 e. The van der Waals surface area contributed by atoms with Gasteiger partial charge in [0.05, 0.1) is 5.69 Å². The van der Waals surface area contributed by atoms with Crippen molar-refractivity contribution in [2.24, 2.45) is 12.0 Å². The molecule has 0 saturated carbocycles. The molecule has 8 heteroatoms. The highest BCUT2D eigenvalue weighted by Crippen LogP contribution is 2.18. The Labute approximate surface area is 174 Å². The summed E-state index contributed by atoms with van der Waals surface area (Å²) in [6, 6.07) is 0. The molecule has 0 radical (unpaired) electrons. The molecule has 0 spiro atoms. The molecule has 29 heavy (non-hydrogen) atoms. The van der Waals surface area contributed by atoms with Gasteiger partial charge < -0.3 is 14.8 Å². The van der Waals surface area contributed by atoms with Gasteiger partial charge in [0, 0.05) is 65.4 Å². The van der Waals surface area contributed by atoms with Crippen molar-refractivity contribution < 1.29 is 0 Å². The van der Waals surface area contributed by atoms with Gasteiger partial charge >= 0.3 is 0 Å². The van der Waals surface area contributed by atoms with Crippen molar-refractivity contribution in [2.45, 2.75) is 71.4 Å². The predicted molar refractivity (Wildman–Crippen MR) is 116 cm³/mol. The van der Waals surface area contributed by atoms with Crippen LogP contribution < -0.4 is 5.32 Å². The Morgan fingerprint density at radius 2 is 2.10 bits per heavy atom. The molecule has 8 nitrogen and oxygen atoms in total. The van der Waals surface area contributed by atoms with Crippen LogP contribution in [0.2, 0.25) is 0 Å². The summed E-state index contributed by atoms with van der Waals surface area (Å²) in [6.07, 6.45) is 8.89. The van der Waals surface area contributed by atoms with Crippen molar-refractivity contribution in [3.8, 4) is 0 Å². The summed E-state index contributed by atoms with van der Waals surface area (Å²) in [6.45, 7) is 7.09. The minimum Gasteiger partial charge on any atom is -0.356 e. The van der Waals surface area contributed by atoms with Gasteiger partial charge in [-0.1, -0.05) is 20.3 Å². The lowest BCUT2D eigenvalue weighted by molar-refractivity contribution is 0.471. The summed E-state index contributed by atoms with van der Waals surface area (Å²) in [5, 5.41) is 16.9.